The molecule has 1 aliphatic heterocycles. The van der Waals surface area contributed by atoms with Crippen LogP contribution in [0.4, 0.5) is 11.5 Å². The number of anilines is 2. The number of aromatic nitrogens is 5. The molecular weight excluding hydrogens is 444 g/mol. The fraction of sp³-hybridized carbons (Fsp3) is 0.320. The lowest BCUT2D eigenvalue weighted by atomic mass is 10.2. The highest BCUT2D eigenvalue weighted by molar-refractivity contribution is 5.77. The van der Waals surface area contributed by atoms with Gasteiger partial charge in [-0.15, -0.1) is 5.10 Å². The number of rotatable bonds is 7. The zero-order valence-corrected chi connectivity index (χ0v) is 19.9. The third-order valence-corrected chi connectivity index (χ3v) is 6.06. The van der Waals surface area contributed by atoms with E-state index in [1.807, 2.05) is 48.2 Å². The normalized spacial score (nSPS) is 13.8. The van der Waals surface area contributed by atoms with Crippen LogP contribution in [0.3, 0.4) is 0 Å². The molecule has 1 aromatic carbocycles. The molecule has 4 heterocycles. The first kappa shape index (κ1) is 22.6. The smallest absolute Gasteiger partial charge is 0.254 e. The maximum absolute atomic E-state index is 12.8. The SMILES string of the molecule is COc1cccc(N2CCN(C(=O)CCNc3cc(C)nc4nc(-c5cccnc5)nn34)CC2)c1. The summed E-state index contributed by atoms with van der Waals surface area (Å²) in [5.41, 5.74) is 2.77. The Kier molecular flexibility index (Phi) is 6.42. The second-order valence-electron chi connectivity index (χ2n) is 8.42. The quantitative estimate of drug-likeness (QED) is 0.438. The summed E-state index contributed by atoms with van der Waals surface area (Å²) in [6.45, 7) is 5.41. The molecule has 180 valence electrons. The number of fused-ring (bicyclic) bond motifs is 1. The van der Waals surface area contributed by atoms with Crippen LogP contribution in [-0.4, -0.2) is 75.2 Å². The van der Waals surface area contributed by atoms with E-state index in [9.17, 15) is 4.79 Å². The Morgan fingerprint density at radius 1 is 1.09 bits per heavy atom. The van der Waals surface area contributed by atoms with Crippen molar-refractivity contribution in [1.29, 1.82) is 0 Å². The molecule has 0 bridgehead atoms. The minimum Gasteiger partial charge on any atom is -0.497 e. The van der Waals surface area contributed by atoms with Crippen molar-refractivity contribution >= 4 is 23.2 Å². The second kappa shape index (κ2) is 9.96. The van der Waals surface area contributed by atoms with Crippen molar-refractivity contribution in [2.45, 2.75) is 13.3 Å². The van der Waals surface area contributed by atoms with E-state index in [0.717, 1.165) is 41.6 Å². The maximum atomic E-state index is 12.8. The summed E-state index contributed by atoms with van der Waals surface area (Å²) in [4.78, 5) is 30.2. The van der Waals surface area contributed by atoms with E-state index >= 15 is 0 Å². The van der Waals surface area contributed by atoms with Crippen molar-refractivity contribution in [2.24, 2.45) is 0 Å². The van der Waals surface area contributed by atoms with E-state index in [1.165, 1.54) is 0 Å². The van der Waals surface area contributed by atoms with Gasteiger partial charge in [-0.2, -0.15) is 9.50 Å². The maximum Gasteiger partial charge on any atom is 0.254 e. The molecule has 10 heteroatoms. The predicted molar refractivity (Wildman–Crippen MR) is 134 cm³/mol. The molecule has 0 aliphatic carbocycles. The van der Waals surface area contributed by atoms with Crippen LogP contribution in [0.2, 0.25) is 0 Å². The zero-order chi connectivity index (χ0) is 24.2. The van der Waals surface area contributed by atoms with Crippen LogP contribution in [0.1, 0.15) is 12.1 Å². The number of methoxy groups -OCH3 is 1. The third kappa shape index (κ3) is 5.01. The molecule has 1 fully saturated rings. The van der Waals surface area contributed by atoms with Crippen LogP contribution in [0.5, 0.6) is 5.75 Å². The van der Waals surface area contributed by atoms with Crippen LogP contribution in [0.15, 0.2) is 54.9 Å². The lowest BCUT2D eigenvalue weighted by Crippen LogP contribution is -2.49. The summed E-state index contributed by atoms with van der Waals surface area (Å²) in [5, 5.41) is 7.94. The number of pyridine rings is 1. The van der Waals surface area contributed by atoms with Crippen molar-refractivity contribution in [3.8, 4) is 17.1 Å². The van der Waals surface area contributed by atoms with Crippen LogP contribution in [-0.2, 0) is 4.79 Å². The first-order chi connectivity index (χ1) is 17.1. The van der Waals surface area contributed by atoms with Gasteiger partial charge in [-0.25, -0.2) is 4.98 Å². The standard InChI is InChI=1S/C25H28N8O2/c1-18-15-22(33-25(28-18)29-24(30-33)19-5-4-9-26-17-19)27-10-8-23(34)32-13-11-31(12-14-32)20-6-3-7-21(16-20)35-2/h3-7,9,15-17,27H,8,10-14H2,1-2H3. The summed E-state index contributed by atoms with van der Waals surface area (Å²) in [6, 6.07) is 13.7. The molecule has 35 heavy (non-hydrogen) atoms. The number of nitrogens with zero attached hydrogens (tertiary/aromatic N) is 7. The van der Waals surface area contributed by atoms with Crippen molar-refractivity contribution in [3.05, 3.63) is 60.6 Å². The molecular formula is C25H28N8O2. The molecule has 0 spiro atoms. The summed E-state index contributed by atoms with van der Waals surface area (Å²) >= 11 is 0. The minimum atomic E-state index is 0.138. The van der Waals surface area contributed by atoms with E-state index in [-0.39, 0.29) is 5.91 Å². The largest absolute Gasteiger partial charge is 0.497 e. The predicted octanol–water partition coefficient (Wildman–Crippen LogP) is 2.65. The highest BCUT2D eigenvalue weighted by Crippen LogP contribution is 2.22. The summed E-state index contributed by atoms with van der Waals surface area (Å²) in [6.07, 6.45) is 3.83. The van der Waals surface area contributed by atoms with Gasteiger partial charge in [0.15, 0.2) is 5.82 Å². The summed E-state index contributed by atoms with van der Waals surface area (Å²) < 4.78 is 7.00. The third-order valence-electron chi connectivity index (χ3n) is 6.06. The highest BCUT2D eigenvalue weighted by Gasteiger charge is 2.21. The number of benzene rings is 1. The number of ether oxygens (including phenoxy) is 1. The van der Waals surface area contributed by atoms with Gasteiger partial charge in [0.1, 0.15) is 11.6 Å². The van der Waals surface area contributed by atoms with E-state index in [0.29, 0.717) is 37.7 Å². The van der Waals surface area contributed by atoms with E-state index in [1.54, 1.807) is 24.0 Å². The average molecular weight is 473 g/mol. The number of carbonyl (C=O) groups is 1. The molecule has 1 N–H and O–H groups in total. The molecule has 4 aromatic rings. The molecule has 5 rings (SSSR count). The Balaban J connectivity index is 1.18. The molecule has 0 unspecified atom stereocenters. The molecule has 0 atom stereocenters. The molecule has 3 aromatic heterocycles. The van der Waals surface area contributed by atoms with Gasteiger partial charge in [0.2, 0.25) is 5.91 Å². The van der Waals surface area contributed by atoms with E-state index in [4.69, 9.17) is 4.74 Å². The Hall–Kier alpha value is -4.21. The molecule has 1 saturated heterocycles. The van der Waals surface area contributed by atoms with Gasteiger partial charge in [0.05, 0.1) is 7.11 Å². The van der Waals surface area contributed by atoms with Crippen molar-refractivity contribution in [2.75, 3.05) is 50.1 Å². The fourth-order valence-corrected chi connectivity index (χ4v) is 4.21. The number of carbonyl (C=O) groups excluding carboxylic acids is 1. The fourth-order valence-electron chi connectivity index (χ4n) is 4.21. The van der Waals surface area contributed by atoms with E-state index < -0.39 is 0 Å². The number of piperazine rings is 1. The molecule has 10 nitrogen and oxygen atoms in total. The van der Waals surface area contributed by atoms with Gasteiger partial charge in [-0.1, -0.05) is 6.07 Å². The molecule has 0 saturated carbocycles. The van der Waals surface area contributed by atoms with Crippen LogP contribution in [0.25, 0.3) is 17.2 Å². The molecule has 1 aliphatic rings. The van der Waals surface area contributed by atoms with Gasteiger partial charge < -0.3 is 19.9 Å². The average Bonchev–Trinajstić information content (AvgIpc) is 3.33. The molecule has 0 radical (unpaired) electrons. The van der Waals surface area contributed by atoms with Crippen molar-refractivity contribution in [3.63, 3.8) is 0 Å². The van der Waals surface area contributed by atoms with E-state index in [2.05, 4.69) is 36.3 Å². The van der Waals surface area contributed by atoms with Crippen molar-refractivity contribution in [1.82, 2.24) is 29.5 Å². The van der Waals surface area contributed by atoms with Gasteiger partial charge in [-0.3, -0.25) is 9.78 Å². The Labute approximate surface area is 203 Å². The monoisotopic (exact) mass is 472 g/mol. The van der Waals surface area contributed by atoms with Crippen LogP contribution >= 0.6 is 0 Å². The van der Waals surface area contributed by atoms with Gasteiger partial charge in [0, 0.05) is 80.6 Å². The van der Waals surface area contributed by atoms with Crippen LogP contribution < -0.4 is 15.0 Å². The topological polar surface area (TPSA) is 101 Å². The first-order valence-electron chi connectivity index (χ1n) is 11.7. The second-order valence-corrected chi connectivity index (χ2v) is 8.42. The van der Waals surface area contributed by atoms with Gasteiger partial charge in [0.25, 0.3) is 5.78 Å². The van der Waals surface area contributed by atoms with Crippen molar-refractivity contribution < 1.29 is 9.53 Å². The van der Waals surface area contributed by atoms with Gasteiger partial charge in [-0.05, 0) is 31.2 Å². The first-order valence-corrected chi connectivity index (χ1v) is 11.7. The summed E-state index contributed by atoms with van der Waals surface area (Å²) in [7, 11) is 1.67. The highest BCUT2D eigenvalue weighted by atomic mass is 16.5. The number of nitrogens with one attached hydrogen (secondary N) is 1. The number of aryl methyl sites for hydroxylation is 1. The zero-order valence-electron chi connectivity index (χ0n) is 19.9. The number of hydrogen-bond acceptors (Lipinski definition) is 8. The lowest BCUT2D eigenvalue weighted by molar-refractivity contribution is -0.131. The summed E-state index contributed by atoms with van der Waals surface area (Å²) in [5.74, 6) is 2.80. The van der Waals surface area contributed by atoms with Crippen LogP contribution in [0, 0.1) is 6.92 Å². The number of hydrogen-bond donors (Lipinski definition) is 1. The Morgan fingerprint density at radius 2 is 1.94 bits per heavy atom. The Morgan fingerprint density at radius 3 is 2.71 bits per heavy atom. The molecule has 1 amide bonds. The lowest BCUT2D eigenvalue weighted by Gasteiger charge is -2.36. The Bertz CT molecular complexity index is 1320. The number of amides is 1. The van der Waals surface area contributed by atoms with Gasteiger partial charge >= 0.3 is 0 Å². The minimum absolute atomic E-state index is 0.138.